The van der Waals surface area contributed by atoms with E-state index in [0.29, 0.717) is 42.4 Å². The number of hydrogen-bond acceptors (Lipinski definition) is 6. The van der Waals surface area contributed by atoms with Gasteiger partial charge in [-0.25, -0.2) is 4.98 Å². The number of aryl methyl sites for hydroxylation is 1. The average Bonchev–Trinajstić information content (AvgIpc) is 2.93. The zero-order valence-electron chi connectivity index (χ0n) is 13.3. The third kappa shape index (κ3) is 2.43. The Bertz CT molecular complexity index is 1230. The Morgan fingerprint density at radius 1 is 1.28 bits per heavy atom. The first-order chi connectivity index (χ1) is 12.0. The van der Waals surface area contributed by atoms with Crippen molar-refractivity contribution < 1.29 is 4.79 Å². The molecule has 4 rings (SSSR count). The van der Waals surface area contributed by atoms with Crippen LogP contribution in [0.4, 0.5) is 0 Å². The van der Waals surface area contributed by atoms with E-state index in [0.717, 1.165) is 0 Å². The second-order valence-corrected chi connectivity index (χ2v) is 6.97. The van der Waals surface area contributed by atoms with Crippen LogP contribution in [0, 0.1) is 6.92 Å². The number of fused-ring (bicyclic) bond motifs is 3. The lowest BCUT2D eigenvalue weighted by atomic mass is 10.1. The zero-order chi connectivity index (χ0) is 17.7. The van der Waals surface area contributed by atoms with Crippen molar-refractivity contribution in [2.45, 2.75) is 13.8 Å². The highest BCUT2D eigenvalue weighted by atomic mass is 35.5. The number of pyridine rings is 1. The van der Waals surface area contributed by atoms with Crippen LogP contribution in [-0.4, -0.2) is 25.8 Å². The predicted octanol–water partition coefficient (Wildman–Crippen LogP) is 3.55. The summed E-state index contributed by atoms with van der Waals surface area (Å²) in [4.78, 5) is 29.7. The van der Waals surface area contributed by atoms with Crippen molar-refractivity contribution in [3.8, 4) is 5.69 Å². The minimum absolute atomic E-state index is 0.0800. The van der Waals surface area contributed by atoms with Gasteiger partial charge in [0.15, 0.2) is 5.78 Å². The van der Waals surface area contributed by atoms with E-state index in [9.17, 15) is 9.59 Å². The Morgan fingerprint density at radius 3 is 2.76 bits per heavy atom. The number of hydrogen-bond donors (Lipinski definition) is 0. The van der Waals surface area contributed by atoms with E-state index in [4.69, 9.17) is 11.6 Å². The molecule has 0 spiro atoms. The normalized spacial score (nSPS) is 11.3. The van der Waals surface area contributed by atoms with Gasteiger partial charge in [0.25, 0.3) is 5.56 Å². The van der Waals surface area contributed by atoms with Crippen LogP contribution in [0.15, 0.2) is 35.1 Å². The first-order valence-corrected chi connectivity index (χ1v) is 8.62. The van der Waals surface area contributed by atoms with E-state index in [1.807, 2.05) is 0 Å². The second kappa shape index (κ2) is 5.72. The van der Waals surface area contributed by atoms with Gasteiger partial charge >= 0.3 is 0 Å². The molecule has 0 unspecified atom stereocenters. The Labute approximate surface area is 150 Å². The lowest BCUT2D eigenvalue weighted by Gasteiger charge is -2.04. The molecule has 0 aliphatic rings. The minimum Gasteiger partial charge on any atom is -0.294 e. The van der Waals surface area contributed by atoms with E-state index in [2.05, 4.69) is 15.3 Å². The molecule has 0 saturated carbocycles. The number of ketones is 1. The maximum absolute atomic E-state index is 12.9. The number of carbonyl (C=O) groups is 1. The van der Waals surface area contributed by atoms with Crippen molar-refractivity contribution >= 4 is 49.2 Å². The molecule has 4 aromatic rings. The summed E-state index contributed by atoms with van der Waals surface area (Å²) in [5, 5.41) is 9.28. The summed E-state index contributed by atoms with van der Waals surface area (Å²) in [5.41, 5.74) is 1.75. The van der Waals surface area contributed by atoms with Crippen molar-refractivity contribution in [1.29, 1.82) is 0 Å². The molecule has 3 aromatic heterocycles. The Balaban J connectivity index is 2.06. The van der Waals surface area contributed by atoms with Gasteiger partial charge in [-0.3, -0.25) is 9.59 Å². The van der Waals surface area contributed by atoms with Gasteiger partial charge in [0.1, 0.15) is 15.0 Å². The maximum Gasteiger partial charge on any atom is 0.292 e. The quantitative estimate of drug-likeness (QED) is 0.504. The highest BCUT2D eigenvalue weighted by Crippen LogP contribution is 2.30. The molecule has 0 radical (unpaired) electrons. The molecule has 0 saturated heterocycles. The fourth-order valence-electron chi connectivity index (χ4n) is 2.71. The van der Waals surface area contributed by atoms with E-state index in [-0.39, 0.29) is 11.3 Å². The molecule has 8 heteroatoms. The molecule has 0 aliphatic heterocycles. The van der Waals surface area contributed by atoms with Crippen LogP contribution in [0.25, 0.3) is 26.1 Å². The van der Waals surface area contributed by atoms with Crippen LogP contribution >= 0.6 is 22.9 Å². The third-order valence-corrected chi connectivity index (χ3v) is 5.32. The number of aromatic nitrogens is 4. The van der Waals surface area contributed by atoms with Crippen LogP contribution in [-0.2, 0) is 0 Å². The number of nitrogens with zero attached hydrogens (tertiary/aromatic N) is 4. The SMILES string of the molecule is CC(=O)c1cc2c(nc1C)sc1c(=O)n(-c3ccccc3Cl)nnc12. The highest BCUT2D eigenvalue weighted by molar-refractivity contribution is 7.25. The number of benzene rings is 1. The smallest absolute Gasteiger partial charge is 0.292 e. The standard InChI is InChI=1S/C17H11ClN4O2S/c1-8-10(9(2)23)7-11-14-15(25-16(11)19-8)17(24)22(21-20-14)13-6-4-3-5-12(13)18/h3-7H,1-2H3. The monoisotopic (exact) mass is 370 g/mol. The summed E-state index contributed by atoms with van der Waals surface area (Å²) >= 11 is 7.40. The Kier molecular flexibility index (Phi) is 3.63. The molecule has 0 atom stereocenters. The first kappa shape index (κ1) is 15.9. The maximum atomic E-state index is 12.9. The molecule has 0 aliphatic carbocycles. The van der Waals surface area contributed by atoms with Gasteiger partial charge in [0.2, 0.25) is 0 Å². The lowest BCUT2D eigenvalue weighted by Crippen LogP contribution is -2.21. The van der Waals surface area contributed by atoms with Crippen molar-refractivity contribution in [2.75, 3.05) is 0 Å². The number of para-hydroxylation sites is 1. The second-order valence-electron chi connectivity index (χ2n) is 5.57. The largest absolute Gasteiger partial charge is 0.294 e. The number of Topliss-reactive ketones (excluding diaryl/α,β-unsaturated/α-hetero) is 1. The summed E-state index contributed by atoms with van der Waals surface area (Å²) in [6.07, 6.45) is 0. The minimum atomic E-state index is -0.317. The zero-order valence-corrected chi connectivity index (χ0v) is 14.9. The summed E-state index contributed by atoms with van der Waals surface area (Å²) in [6, 6.07) is 8.66. The molecule has 0 fully saturated rings. The molecular formula is C17H11ClN4O2S. The van der Waals surface area contributed by atoms with Crippen LogP contribution in [0.5, 0.6) is 0 Å². The van der Waals surface area contributed by atoms with Crippen molar-refractivity contribution in [2.24, 2.45) is 0 Å². The fourth-order valence-corrected chi connectivity index (χ4v) is 3.98. The summed E-state index contributed by atoms with van der Waals surface area (Å²) in [7, 11) is 0. The van der Waals surface area contributed by atoms with Gasteiger partial charge in [-0.05, 0) is 32.0 Å². The molecule has 6 nitrogen and oxygen atoms in total. The number of thiophene rings is 1. The van der Waals surface area contributed by atoms with Gasteiger partial charge in [-0.2, -0.15) is 4.68 Å². The first-order valence-electron chi connectivity index (χ1n) is 7.43. The van der Waals surface area contributed by atoms with Gasteiger partial charge in [0, 0.05) is 16.6 Å². The van der Waals surface area contributed by atoms with Crippen LogP contribution < -0.4 is 5.56 Å². The lowest BCUT2D eigenvalue weighted by molar-refractivity contribution is 0.101. The van der Waals surface area contributed by atoms with E-state index in [1.54, 1.807) is 37.3 Å². The summed E-state index contributed by atoms with van der Waals surface area (Å²) in [6.45, 7) is 3.26. The fraction of sp³-hybridized carbons (Fsp3) is 0.118. The Hall–Kier alpha value is -2.64. The van der Waals surface area contributed by atoms with Gasteiger partial charge in [0.05, 0.1) is 10.7 Å². The summed E-state index contributed by atoms with van der Waals surface area (Å²) in [5.74, 6) is -0.0800. The van der Waals surface area contributed by atoms with Gasteiger partial charge < -0.3 is 0 Å². The number of rotatable bonds is 2. The molecule has 124 valence electrons. The molecule has 3 heterocycles. The van der Waals surface area contributed by atoms with Gasteiger partial charge in [-0.15, -0.1) is 16.4 Å². The highest BCUT2D eigenvalue weighted by Gasteiger charge is 2.18. The molecule has 0 bridgehead atoms. The topological polar surface area (TPSA) is 77.7 Å². The Morgan fingerprint density at radius 2 is 2.04 bits per heavy atom. The van der Waals surface area contributed by atoms with E-state index < -0.39 is 0 Å². The third-order valence-electron chi connectivity index (χ3n) is 3.93. The van der Waals surface area contributed by atoms with Gasteiger partial charge in [-0.1, -0.05) is 28.9 Å². The number of carbonyl (C=O) groups excluding carboxylic acids is 1. The predicted molar refractivity (Wildman–Crippen MR) is 98.1 cm³/mol. The van der Waals surface area contributed by atoms with Crippen molar-refractivity contribution in [3.63, 3.8) is 0 Å². The summed E-state index contributed by atoms with van der Waals surface area (Å²) < 4.78 is 1.61. The van der Waals surface area contributed by atoms with E-state index >= 15 is 0 Å². The number of halogens is 1. The molecule has 0 amide bonds. The van der Waals surface area contributed by atoms with Crippen molar-refractivity contribution in [3.05, 3.63) is 57.0 Å². The average molecular weight is 371 g/mol. The van der Waals surface area contributed by atoms with E-state index in [1.165, 1.54) is 22.9 Å². The molecule has 25 heavy (non-hydrogen) atoms. The van der Waals surface area contributed by atoms with Crippen LogP contribution in [0.3, 0.4) is 0 Å². The van der Waals surface area contributed by atoms with Crippen LogP contribution in [0.1, 0.15) is 23.0 Å². The van der Waals surface area contributed by atoms with Crippen molar-refractivity contribution in [1.82, 2.24) is 20.0 Å². The molecule has 1 aromatic carbocycles. The molecule has 0 N–H and O–H groups in total. The molecular weight excluding hydrogens is 360 g/mol. The van der Waals surface area contributed by atoms with Crippen LogP contribution in [0.2, 0.25) is 5.02 Å².